The lowest BCUT2D eigenvalue weighted by Gasteiger charge is -2.35. The van der Waals surface area contributed by atoms with Crippen LogP contribution in [0.3, 0.4) is 0 Å². The molecule has 1 atom stereocenters. The predicted molar refractivity (Wildman–Crippen MR) is 96.9 cm³/mol. The van der Waals surface area contributed by atoms with Crippen molar-refractivity contribution in [2.24, 2.45) is 0 Å². The second-order valence-corrected chi connectivity index (χ2v) is 9.14. The van der Waals surface area contributed by atoms with E-state index in [1.54, 1.807) is 24.3 Å². The lowest BCUT2D eigenvalue weighted by molar-refractivity contribution is 0.0600. The molecule has 2 fully saturated rings. The number of nitrogens with zero attached hydrogens (tertiary/aromatic N) is 1. The first kappa shape index (κ1) is 18.8. The number of amides is 1. The van der Waals surface area contributed by atoms with E-state index in [0.717, 1.165) is 25.9 Å². The molecule has 1 aromatic rings. The topological polar surface area (TPSA) is 92.8 Å². The van der Waals surface area contributed by atoms with Crippen LogP contribution in [-0.2, 0) is 14.6 Å². The van der Waals surface area contributed by atoms with Crippen LogP contribution in [0.4, 0.5) is 0 Å². The molecule has 3 rings (SSSR count). The summed E-state index contributed by atoms with van der Waals surface area (Å²) < 4.78 is 27.9. The summed E-state index contributed by atoms with van der Waals surface area (Å²) in [6.45, 7) is 1.60. The van der Waals surface area contributed by atoms with Gasteiger partial charge in [0.05, 0.1) is 24.2 Å². The molecule has 0 saturated carbocycles. The molecular formula is C18H24N2O5S. The molecule has 0 aromatic heterocycles. The van der Waals surface area contributed by atoms with Crippen LogP contribution in [0.2, 0.25) is 0 Å². The normalized spacial score (nSPS) is 23.5. The van der Waals surface area contributed by atoms with Crippen LogP contribution in [0.25, 0.3) is 0 Å². The SMILES string of the molecule is COC(=O)c1ccc(C(=O)NC2CCN([C@H]3CCS(=O)(=O)C3)CC2)cc1. The zero-order valence-corrected chi connectivity index (χ0v) is 15.6. The molecule has 2 heterocycles. The van der Waals surface area contributed by atoms with Gasteiger partial charge in [-0.1, -0.05) is 0 Å². The third kappa shape index (κ3) is 4.42. The van der Waals surface area contributed by atoms with E-state index in [4.69, 9.17) is 0 Å². The molecule has 2 saturated heterocycles. The number of hydrogen-bond donors (Lipinski definition) is 1. The number of piperidine rings is 1. The Morgan fingerprint density at radius 3 is 2.23 bits per heavy atom. The minimum Gasteiger partial charge on any atom is -0.465 e. The smallest absolute Gasteiger partial charge is 0.337 e. The minimum atomic E-state index is -2.87. The van der Waals surface area contributed by atoms with Gasteiger partial charge >= 0.3 is 5.97 Å². The molecule has 7 nitrogen and oxygen atoms in total. The summed E-state index contributed by atoms with van der Waals surface area (Å²) in [5, 5.41) is 3.03. The minimum absolute atomic E-state index is 0.0806. The van der Waals surface area contributed by atoms with E-state index in [9.17, 15) is 18.0 Å². The number of ether oxygens (including phenoxy) is 1. The van der Waals surface area contributed by atoms with E-state index in [0.29, 0.717) is 17.5 Å². The lowest BCUT2D eigenvalue weighted by Crippen LogP contribution is -2.48. The molecule has 26 heavy (non-hydrogen) atoms. The van der Waals surface area contributed by atoms with Gasteiger partial charge < -0.3 is 10.1 Å². The van der Waals surface area contributed by atoms with Gasteiger partial charge in [0, 0.05) is 30.7 Å². The van der Waals surface area contributed by atoms with Gasteiger partial charge in [0.25, 0.3) is 5.91 Å². The average molecular weight is 380 g/mol. The van der Waals surface area contributed by atoms with Crippen LogP contribution in [0, 0.1) is 0 Å². The molecule has 0 unspecified atom stereocenters. The maximum atomic E-state index is 12.4. The van der Waals surface area contributed by atoms with Crippen molar-refractivity contribution in [2.45, 2.75) is 31.3 Å². The highest BCUT2D eigenvalue weighted by Gasteiger charge is 2.34. The number of carbonyl (C=O) groups is 2. The number of methoxy groups -OCH3 is 1. The summed E-state index contributed by atoms with van der Waals surface area (Å²) in [7, 11) is -1.55. The first-order chi connectivity index (χ1) is 12.4. The number of hydrogen-bond acceptors (Lipinski definition) is 6. The van der Waals surface area contributed by atoms with Crippen molar-refractivity contribution in [1.29, 1.82) is 0 Å². The summed E-state index contributed by atoms with van der Waals surface area (Å²) in [4.78, 5) is 26.0. The van der Waals surface area contributed by atoms with Gasteiger partial charge in [-0.15, -0.1) is 0 Å². The zero-order chi connectivity index (χ0) is 18.7. The molecule has 2 aliphatic rings. The largest absolute Gasteiger partial charge is 0.465 e. The molecule has 0 bridgehead atoms. The maximum Gasteiger partial charge on any atom is 0.337 e. The molecule has 0 spiro atoms. The van der Waals surface area contributed by atoms with Crippen molar-refractivity contribution in [3.8, 4) is 0 Å². The third-order valence-electron chi connectivity index (χ3n) is 5.16. The molecule has 1 aromatic carbocycles. The van der Waals surface area contributed by atoms with Gasteiger partial charge in [0.2, 0.25) is 0 Å². The number of likely N-dealkylation sites (tertiary alicyclic amines) is 1. The third-order valence-corrected chi connectivity index (χ3v) is 6.91. The van der Waals surface area contributed by atoms with Gasteiger partial charge in [-0.05, 0) is 43.5 Å². The molecule has 1 N–H and O–H groups in total. The fourth-order valence-electron chi connectivity index (χ4n) is 3.62. The summed E-state index contributed by atoms with van der Waals surface area (Å²) in [5.41, 5.74) is 0.908. The first-order valence-corrected chi connectivity index (χ1v) is 10.6. The summed E-state index contributed by atoms with van der Waals surface area (Å²) in [5.74, 6) is -0.0477. The predicted octanol–water partition coefficient (Wildman–Crippen LogP) is 0.855. The van der Waals surface area contributed by atoms with E-state index in [1.807, 2.05) is 0 Å². The summed E-state index contributed by atoms with van der Waals surface area (Å²) in [6, 6.07) is 6.58. The number of benzene rings is 1. The number of carbonyl (C=O) groups excluding carboxylic acids is 2. The van der Waals surface area contributed by atoms with Crippen molar-refractivity contribution in [3.63, 3.8) is 0 Å². The Balaban J connectivity index is 1.50. The van der Waals surface area contributed by atoms with Crippen LogP contribution >= 0.6 is 0 Å². The Morgan fingerprint density at radius 1 is 1.08 bits per heavy atom. The van der Waals surface area contributed by atoms with Crippen molar-refractivity contribution in [2.75, 3.05) is 31.7 Å². The van der Waals surface area contributed by atoms with Gasteiger partial charge in [0.15, 0.2) is 9.84 Å². The Bertz CT molecular complexity index is 767. The summed E-state index contributed by atoms with van der Waals surface area (Å²) >= 11 is 0. The molecule has 2 aliphatic heterocycles. The molecule has 0 radical (unpaired) electrons. The second-order valence-electron chi connectivity index (χ2n) is 6.91. The highest BCUT2D eigenvalue weighted by atomic mass is 32.2. The number of nitrogens with one attached hydrogen (secondary N) is 1. The van der Waals surface area contributed by atoms with Gasteiger partial charge in [-0.3, -0.25) is 9.69 Å². The van der Waals surface area contributed by atoms with E-state index < -0.39 is 15.8 Å². The average Bonchev–Trinajstić information content (AvgIpc) is 3.01. The Labute approximate surface area is 153 Å². The van der Waals surface area contributed by atoms with Crippen molar-refractivity contribution in [1.82, 2.24) is 10.2 Å². The zero-order valence-electron chi connectivity index (χ0n) is 14.8. The van der Waals surface area contributed by atoms with Crippen LogP contribution in [0.15, 0.2) is 24.3 Å². The lowest BCUT2D eigenvalue weighted by atomic mass is 10.0. The van der Waals surface area contributed by atoms with Crippen LogP contribution in [-0.4, -0.2) is 69.0 Å². The van der Waals surface area contributed by atoms with E-state index in [-0.39, 0.29) is 29.5 Å². The quantitative estimate of drug-likeness (QED) is 0.779. The standard InChI is InChI=1S/C18H24N2O5S/c1-25-18(22)14-4-2-13(3-5-14)17(21)19-15-6-9-20(10-7-15)16-8-11-26(23,24)12-16/h2-5,15-16H,6-12H2,1H3,(H,19,21)/t16-/m0/s1. The fraction of sp³-hybridized carbons (Fsp3) is 0.556. The van der Waals surface area contributed by atoms with E-state index >= 15 is 0 Å². The molecule has 1 amide bonds. The van der Waals surface area contributed by atoms with E-state index in [1.165, 1.54) is 7.11 Å². The van der Waals surface area contributed by atoms with Gasteiger partial charge in [-0.25, -0.2) is 13.2 Å². The first-order valence-electron chi connectivity index (χ1n) is 8.81. The number of sulfone groups is 1. The van der Waals surface area contributed by atoms with Crippen molar-refractivity contribution in [3.05, 3.63) is 35.4 Å². The van der Waals surface area contributed by atoms with Crippen LogP contribution in [0.5, 0.6) is 0 Å². The highest BCUT2D eigenvalue weighted by molar-refractivity contribution is 7.91. The summed E-state index contributed by atoms with van der Waals surface area (Å²) in [6.07, 6.45) is 2.33. The second kappa shape index (κ2) is 7.75. The molecule has 142 valence electrons. The molecular weight excluding hydrogens is 356 g/mol. The van der Waals surface area contributed by atoms with Crippen molar-refractivity contribution < 1.29 is 22.7 Å². The number of rotatable bonds is 4. The monoisotopic (exact) mass is 380 g/mol. The van der Waals surface area contributed by atoms with Crippen LogP contribution < -0.4 is 5.32 Å². The molecule has 8 heteroatoms. The van der Waals surface area contributed by atoms with Crippen molar-refractivity contribution >= 4 is 21.7 Å². The fourth-order valence-corrected chi connectivity index (χ4v) is 5.38. The van der Waals surface area contributed by atoms with Crippen LogP contribution in [0.1, 0.15) is 40.0 Å². The Hall–Kier alpha value is -1.93. The maximum absolute atomic E-state index is 12.4. The molecule has 0 aliphatic carbocycles. The van der Waals surface area contributed by atoms with Gasteiger partial charge in [0.1, 0.15) is 0 Å². The van der Waals surface area contributed by atoms with Gasteiger partial charge in [-0.2, -0.15) is 0 Å². The Morgan fingerprint density at radius 2 is 1.69 bits per heavy atom. The Kier molecular flexibility index (Phi) is 5.62. The van der Waals surface area contributed by atoms with E-state index in [2.05, 4.69) is 15.0 Å². The highest BCUT2D eigenvalue weighted by Crippen LogP contribution is 2.22. The number of esters is 1.